The predicted molar refractivity (Wildman–Crippen MR) is 52.7 cm³/mol. The number of primary amides is 1. The molecular weight excluding hydrogens is 184 g/mol. The highest BCUT2D eigenvalue weighted by Crippen LogP contribution is 2.05. The highest BCUT2D eigenvalue weighted by molar-refractivity contribution is 5.81. The minimum atomic E-state index is -0.952. The van der Waals surface area contributed by atoms with Crippen LogP contribution in [-0.4, -0.2) is 29.1 Å². The Morgan fingerprint density at radius 1 is 1.36 bits per heavy atom. The zero-order valence-electron chi connectivity index (χ0n) is 8.78. The second kappa shape index (κ2) is 5.59. The summed E-state index contributed by atoms with van der Waals surface area (Å²) in [6, 6.07) is -1.33. The van der Waals surface area contributed by atoms with Crippen LogP contribution in [0.4, 0.5) is 0 Å². The molecule has 5 nitrogen and oxygen atoms in total. The molecule has 2 atom stereocenters. The summed E-state index contributed by atoms with van der Waals surface area (Å²) in [4.78, 5) is 21.5. The number of carbonyl (C=O) groups excluding carboxylic acids is 1. The van der Waals surface area contributed by atoms with Crippen molar-refractivity contribution in [1.29, 1.82) is 0 Å². The van der Waals surface area contributed by atoms with Crippen molar-refractivity contribution in [2.45, 2.75) is 39.3 Å². The Morgan fingerprint density at radius 2 is 1.86 bits per heavy atom. The lowest BCUT2D eigenvalue weighted by Gasteiger charge is -2.19. The second-order valence-electron chi connectivity index (χ2n) is 3.81. The van der Waals surface area contributed by atoms with Crippen molar-refractivity contribution < 1.29 is 14.7 Å². The average Bonchev–Trinajstić information content (AvgIpc) is 2.01. The Labute approximate surface area is 83.7 Å². The van der Waals surface area contributed by atoms with Gasteiger partial charge >= 0.3 is 5.97 Å². The first kappa shape index (κ1) is 12.9. The third-order valence-electron chi connectivity index (χ3n) is 1.88. The third-order valence-corrected chi connectivity index (χ3v) is 1.88. The lowest BCUT2D eigenvalue weighted by Crippen LogP contribution is -2.48. The van der Waals surface area contributed by atoms with Gasteiger partial charge in [-0.1, -0.05) is 13.8 Å². The molecule has 0 aromatic heterocycles. The molecule has 0 saturated carbocycles. The van der Waals surface area contributed by atoms with Gasteiger partial charge in [0.05, 0.1) is 6.04 Å². The zero-order valence-corrected chi connectivity index (χ0v) is 8.78. The van der Waals surface area contributed by atoms with Gasteiger partial charge < -0.3 is 10.8 Å². The molecular formula is C9H18N2O3. The molecule has 0 aliphatic carbocycles. The maximum absolute atomic E-state index is 10.8. The highest BCUT2D eigenvalue weighted by atomic mass is 16.4. The van der Waals surface area contributed by atoms with Gasteiger partial charge in [-0.2, -0.15) is 0 Å². The fourth-order valence-electron chi connectivity index (χ4n) is 1.10. The van der Waals surface area contributed by atoms with Crippen LogP contribution in [0.15, 0.2) is 0 Å². The highest BCUT2D eigenvalue weighted by Gasteiger charge is 2.22. The van der Waals surface area contributed by atoms with E-state index in [1.54, 1.807) is 6.92 Å². The molecule has 82 valence electrons. The van der Waals surface area contributed by atoms with E-state index in [-0.39, 0.29) is 5.92 Å². The van der Waals surface area contributed by atoms with Crippen LogP contribution in [0.3, 0.4) is 0 Å². The van der Waals surface area contributed by atoms with Crippen molar-refractivity contribution in [2.75, 3.05) is 0 Å². The smallest absolute Gasteiger partial charge is 0.320 e. The van der Waals surface area contributed by atoms with Gasteiger partial charge in [0, 0.05) is 0 Å². The van der Waals surface area contributed by atoms with Gasteiger partial charge in [-0.05, 0) is 19.3 Å². The van der Waals surface area contributed by atoms with Gasteiger partial charge in [0.15, 0.2) is 0 Å². The standard InChI is InChI=1S/C9H18N2O3/c1-5(2)4-7(9(13)14)11-6(3)8(10)12/h5-7,11H,4H2,1-3H3,(H2,10,12)(H,13,14)/t6-,7-/m0/s1. The summed E-state index contributed by atoms with van der Waals surface area (Å²) in [5.74, 6) is -1.24. The molecule has 0 heterocycles. The monoisotopic (exact) mass is 202 g/mol. The molecule has 0 fully saturated rings. The third kappa shape index (κ3) is 4.81. The van der Waals surface area contributed by atoms with Gasteiger partial charge in [-0.25, -0.2) is 0 Å². The van der Waals surface area contributed by atoms with E-state index in [0.717, 1.165) is 0 Å². The van der Waals surface area contributed by atoms with Crippen LogP contribution in [0.25, 0.3) is 0 Å². The summed E-state index contributed by atoms with van der Waals surface area (Å²) in [5, 5.41) is 11.5. The lowest BCUT2D eigenvalue weighted by molar-refractivity contribution is -0.140. The molecule has 0 aromatic carbocycles. The number of nitrogens with two attached hydrogens (primary N) is 1. The van der Waals surface area contributed by atoms with E-state index in [2.05, 4.69) is 5.32 Å². The minimum Gasteiger partial charge on any atom is -0.480 e. The van der Waals surface area contributed by atoms with Gasteiger partial charge in [0.25, 0.3) is 0 Å². The number of carbonyl (C=O) groups is 2. The van der Waals surface area contributed by atoms with E-state index in [0.29, 0.717) is 6.42 Å². The van der Waals surface area contributed by atoms with Crippen molar-refractivity contribution in [2.24, 2.45) is 11.7 Å². The van der Waals surface area contributed by atoms with E-state index in [1.165, 1.54) is 0 Å². The largest absolute Gasteiger partial charge is 0.480 e. The molecule has 0 rings (SSSR count). The Hall–Kier alpha value is -1.10. The molecule has 0 aliphatic heterocycles. The maximum Gasteiger partial charge on any atom is 0.320 e. The number of amides is 1. The van der Waals surface area contributed by atoms with Crippen molar-refractivity contribution in [3.05, 3.63) is 0 Å². The molecule has 5 heteroatoms. The maximum atomic E-state index is 10.8. The Balaban J connectivity index is 4.23. The molecule has 0 saturated heterocycles. The van der Waals surface area contributed by atoms with Gasteiger partial charge in [0.1, 0.15) is 6.04 Å². The van der Waals surface area contributed by atoms with Crippen molar-refractivity contribution >= 4 is 11.9 Å². The normalized spacial score (nSPS) is 15.1. The SMILES string of the molecule is CC(C)C[C@H](N[C@@H](C)C(N)=O)C(=O)O. The predicted octanol–water partition coefficient (Wildman–Crippen LogP) is -0.0509. The van der Waals surface area contributed by atoms with E-state index >= 15 is 0 Å². The molecule has 0 bridgehead atoms. The van der Waals surface area contributed by atoms with E-state index in [4.69, 9.17) is 10.8 Å². The summed E-state index contributed by atoms with van der Waals surface area (Å²) in [6.07, 6.45) is 0.479. The van der Waals surface area contributed by atoms with Crippen LogP contribution in [0.1, 0.15) is 27.2 Å². The quantitative estimate of drug-likeness (QED) is 0.563. The Kier molecular flexibility index (Phi) is 5.15. The molecule has 0 aliphatic rings. The molecule has 0 radical (unpaired) electrons. The van der Waals surface area contributed by atoms with Gasteiger partial charge in [-0.3, -0.25) is 14.9 Å². The molecule has 14 heavy (non-hydrogen) atoms. The Bertz CT molecular complexity index is 216. The first-order valence-electron chi connectivity index (χ1n) is 4.62. The van der Waals surface area contributed by atoms with Crippen LogP contribution >= 0.6 is 0 Å². The lowest BCUT2D eigenvalue weighted by atomic mass is 10.0. The van der Waals surface area contributed by atoms with Crippen LogP contribution in [0, 0.1) is 5.92 Å². The number of hydrogen-bond donors (Lipinski definition) is 3. The van der Waals surface area contributed by atoms with Crippen LogP contribution in [0.5, 0.6) is 0 Å². The minimum absolute atomic E-state index is 0.253. The van der Waals surface area contributed by atoms with Crippen molar-refractivity contribution in [3.63, 3.8) is 0 Å². The van der Waals surface area contributed by atoms with Crippen LogP contribution in [0.2, 0.25) is 0 Å². The first-order chi connectivity index (χ1) is 6.34. The van der Waals surface area contributed by atoms with Gasteiger partial charge in [0.2, 0.25) is 5.91 Å². The second-order valence-corrected chi connectivity index (χ2v) is 3.81. The molecule has 1 amide bonds. The van der Waals surface area contributed by atoms with E-state index in [1.807, 2.05) is 13.8 Å². The van der Waals surface area contributed by atoms with Crippen molar-refractivity contribution in [1.82, 2.24) is 5.32 Å². The summed E-state index contributed by atoms with van der Waals surface area (Å²) in [7, 11) is 0. The summed E-state index contributed by atoms with van der Waals surface area (Å²) in [5.41, 5.74) is 5.02. The molecule has 0 spiro atoms. The summed E-state index contributed by atoms with van der Waals surface area (Å²) in [6.45, 7) is 5.40. The number of hydrogen-bond acceptors (Lipinski definition) is 3. The number of rotatable bonds is 6. The Morgan fingerprint density at radius 3 is 2.14 bits per heavy atom. The fraction of sp³-hybridized carbons (Fsp3) is 0.778. The first-order valence-corrected chi connectivity index (χ1v) is 4.62. The summed E-state index contributed by atoms with van der Waals surface area (Å²) < 4.78 is 0. The molecule has 0 unspecified atom stereocenters. The van der Waals surface area contributed by atoms with Crippen LogP contribution < -0.4 is 11.1 Å². The zero-order chi connectivity index (χ0) is 11.3. The number of aliphatic carboxylic acids is 1. The van der Waals surface area contributed by atoms with Gasteiger partial charge in [-0.15, -0.1) is 0 Å². The van der Waals surface area contributed by atoms with Crippen molar-refractivity contribution in [3.8, 4) is 0 Å². The fourth-order valence-corrected chi connectivity index (χ4v) is 1.10. The number of carboxylic acids is 1. The topological polar surface area (TPSA) is 92.4 Å². The number of nitrogens with one attached hydrogen (secondary N) is 1. The number of carboxylic acid groups (broad SMARTS) is 1. The summed E-state index contributed by atoms with van der Waals surface area (Å²) >= 11 is 0. The van der Waals surface area contributed by atoms with E-state index < -0.39 is 24.0 Å². The van der Waals surface area contributed by atoms with Crippen LogP contribution in [-0.2, 0) is 9.59 Å². The molecule has 4 N–H and O–H groups in total. The molecule has 0 aromatic rings. The average molecular weight is 202 g/mol. The van der Waals surface area contributed by atoms with E-state index in [9.17, 15) is 9.59 Å².